The molecule has 0 N–H and O–H groups in total. The Morgan fingerprint density at radius 1 is 0.476 bits per heavy atom. The maximum atomic E-state index is 4.91. The van der Waals surface area contributed by atoms with Crippen LogP contribution in [0.15, 0.2) is 147 Å². The third-order valence-corrected chi connectivity index (χ3v) is 7.08. The van der Waals surface area contributed by atoms with Crippen LogP contribution in [0, 0.1) is 6.92 Å². The summed E-state index contributed by atoms with van der Waals surface area (Å²) < 4.78 is 0. The van der Waals surface area contributed by atoms with Gasteiger partial charge in [0.15, 0.2) is 0 Å². The second-order valence-corrected chi connectivity index (χ2v) is 10.3. The summed E-state index contributed by atoms with van der Waals surface area (Å²) >= 11 is 0. The lowest BCUT2D eigenvalue weighted by Crippen LogP contribution is -2.09. The minimum Gasteiger partial charge on any atom is -0.377 e. The Bertz CT molecular complexity index is 1950. The summed E-state index contributed by atoms with van der Waals surface area (Å²) in [6.07, 6.45) is 1.95. The van der Waals surface area contributed by atoms with Crippen molar-refractivity contribution < 1.29 is 0 Å². The zero-order valence-electron chi connectivity index (χ0n) is 23.8. The molecule has 0 spiro atoms. The van der Waals surface area contributed by atoms with E-state index in [-0.39, 0.29) is 0 Å². The van der Waals surface area contributed by atoms with Gasteiger partial charge in [-0.25, -0.2) is 0 Å². The van der Waals surface area contributed by atoms with Crippen LogP contribution in [-0.4, -0.2) is 20.3 Å². The predicted octanol–water partition coefficient (Wildman–Crippen LogP) is 10.9. The number of aliphatic imine (C=N–C) groups is 1. The smallest absolute Gasteiger partial charge is 0.0936 e. The minimum absolute atomic E-state index is 0.739. The van der Waals surface area contributed by atoms with Gasteiger partial charge in [-0.05, 0) is 66.9 Å². The van der Waals surface area contributed by atoms with Crippen molar-refractivity contribution in [2.24, 2.45) is 25.4 Å². The van der Waals surface area contributed by atoms with Gasteiger partial charge in [-0.3, -0.25) is 4.99 Å². The molecule has 0 aliphatic rings. The van der Waals surface area contributed by atoms with E-state index in [4.69, 9.17) is 4.99 Å². The summed E-state index contributed by atoms with van der Waals surface area (Å²) in [6, 6.07) is 40.3. The lowest BCUT2D eigenvalue weighted by Gasteiger charge is -2.16. The number of fused-ring (bicyclic) bond motifs is 2. The molecular weight excluding hydrogens is 516 g/mol. The average Bonchev–Trinajstić information content (AvgIpc) is 3.03. The molecule has 0 aromatic heterocycles. The molecule has 0 unspecified atom stereocenters. The van der Waals surface area contributed by atoms with Crippen LogP contribution in [0.4, 0.5) is 34.1 Å². The normalized spacial score (nSPS) is 11.9. The van der Waals surface area contributed by atoms with Crippen LogP contribution in [0.5, 0.6) is 0 Å². The largest absolute Gasteiger partial charge is 0.377 e. The van der Waals surface area contributed by atoms with E-state index in [9.17, 15) is 0 Å². The molecule has 6 rings (SSSR count). The molecule has 6 nitrogen and oxygen atoms in total. The van der Waals surface area contributed by atoms with Crippen molar-refractivity contribution in [3.8, 4) is 0 Å². The number of aryl methyl sites for hydroxylation is 1. The molecule has 0 saturated heterocycles. The molecular formula is C36H30N6. The van der Waals surface area contributed by atoms with Crippen molar-refractivity contribution in [2.75, 3.05) is 19.0 Å². The molecule has 0 bridgehead atoms. The number of benzene rings is 6. The van der Waals surface area contributed by atoms with Crippen molar-refractivity contribution in [3.63, 3.8) is 0 Å². The predicted molar refractivity (Wildman–Crippen MR) is 175 cm³/mol. The van der Waals surface area contributed by atoms with Gasteiger partial charge in [0, 0.05) is 47.7 Å². The van der Waals surface area contributed by atoms with Crippen LogP contribution >= 0.6 is 0 Å². The van der Waals surface area contributed by atoms with Crippen LogP contribution in [0.1, 0.15) is 11.1 Å². The number of rotatable bonds is 7. The van der Waals surface area contributed by atoms with Crippen LogP contribution in [0.3, 0.4) is 0 Å². The molecule has 0 saturated carbocycles. The molecule has 0 heterocycles. The van der Waals surface area contributed by atoms with Gasteiger partial charge in [0.25, 0.3) is 0 Å². The quantitative estimate of drug-likeness (QED) is 0.145. The molecule has 0 amide bonds. The van der Waals surface area contributed by atoms with Gasteiger partial charge < -0.3 is 4.90 Å². The van der Waals surface area contributed by atoms with E-state index >= 15 is 0 Å². The number of anilines is 1. The van der Waals surface area contributed by atoms with E-state index < -0.39 is 0 Å². The highest BCUT2D eigenvalue weighted by atomic mass is 15.1. The molecule has 6 aromatic carbocycles. The molecule has 6 aromatic rings. The number of hydrogen-bond donors (Lipinski definition) is 0. The van der Waals surface area contributed by atoms with Crippen molar-refractivity contribution in [1.29, 1.82) is 0 Å². The Morgan fingerprint density at radius 3 is 1.60 bits per heavy atom. The van der Waals surface area contributed by atoms with Crippen LogP contribution in [0.2, 0.25) is 0 Å². The summed E-state index contributed by atoms with van der Waals surface area (Å²) in [4.78, 5) is 7.05. The highest BCUT2D eigenvalue weighted by Gasteiger charge is 2.08. The highest BCUT2D eigenvalue weighted by Crippen LogP contribution is 2.35. The van der Waals surface area contributed by atoms with Crippen LogP contribution < -0.4 is 4.90 Å². The molecule has 42 heavy (non-hydrogen) atoms. The molecule has 6 heteroatoms. The zero-order valence-corrected chi connectivity index (χ0v) is 23.8. The Labute approximate surface area is 245 Å². The number of azo groups is 2. The fourth-order valence-corrected chi connectivity index (χ4v) is 4.84. The van der Waals surface area contributed by atoms with E-state index in [0.29, 0.717) is 0 Å². The third-order valence-electron chi connectivity index (χ3n) is 7.08. The van der Waals surface area contributed by atoms with Gasteiger partial charge in [-0.2, -0.15) is 15.3 Å². The maximum Gasteiger partial charge on any atom is 0.0936 e. The fraction of sp³-hybridized carbons (Fsp3) is 0.0833. The summed E-state index contributed by atoms with van der Waals surface area (Å²) in [5.74, 6) is 0. The first-order valence-electron chi connectivity index (χ1n) is 13.8. The third kappa shape index (κ3) is 5.83. The summed E-state index contributed by atoms with van der Waals surface area (Å²) in [5, 5.41) is 22.1. The number of nitrogens with zero attached hydrogens (tertiary/aromatic N) is 6. The van der Waals surface area contributed by atoms with Crippen molar-refractivity contribution in [2.45, 2.75) is 6.92 Å². The Hall–Kier alpha value is -5.49. The fourth-order valence-electron chi connectivity index (χ4n) is 4.84. The Morgan fingerprint density at radius 2 is 0.976 bits per heavy atom. The van der Waals surface area contributed by atoms with Crippen LogP contribution in [-0.2, 0) is 0 Å². The monoisotopic (exact) mass is 546 g/mol. The Balaban J connectivity index is 1.24. The first-order chi connectivity index (χ1) is 20.5. The molecule has 204 valence electrons. The zero-order chi connectivity index (χ0) is 28.9. The van der Waals surface area contributed by atoms with Crippen molar-refractivity contribution >= 4 is 61.9 Å². The van der Waals surface area contributed by atoms with Crippen molar-refractivity contribution in [1.82, 2.24) is 0 Å². The Kier molecular flexibility index (Phi) is 7.60. The number of hydrogen-bond acceptors (Lipinski definition) is 6. The van der Waals surface area contributed by atoms with Crippen LogP contribution in [0.25, 0.3) is 21.5 Å². The van der Waals surface area contributed by atoms with E-state index in [0.717, 1.165) is 44.8 Å². The summed E-state index contributed by atoms with van der Waals surface area (Å²) in [6.45, 7) is 2.05. The topological polar surface area (TPSA) is 65.0 Å². The molecule has 0 radical (unpaired) electrons. The van der Waals surface area contributed by atoms with Gasteiger partial charge in [0.05, 0.1) is 28.4 Å². The second kappa shape index (κ2) is 11.9. The van der Waals surface area contributed by atoms with E-state index in [1.807, 2.05) is 85.9 Å². The first kappa shape index (κ1) is 26.7. The lowest BCUT2D eigenvalue weighted by atomic mass is 10.0. The second-order valence-electron chi connectivity index (χ2n) is 10.3. The summed E-state index contributed by atoms with van der Waals surface area (Å²) in [5.41, 5.74) is 7.44. The molecule has 0 aliphatic carbocycles. The standard InChI is InChI=1S/C36H30N6/c1-25-12-15-27(16-13-25)38-39-28-17-19-29(20-18-28)40-41-35-22-21-34(31-9-5-6-10-32(31)35)37-24-26-14-23-36(42(2)3)33-11-7-4-8-30(26)33/h4-24H,1-3H3. The van der Waals surface area contributed by atoms with E-state index in [2.05, 4.69) is 88.0 Å². The van der Waals surface area contributed by atoms with E-state index in [1.54, 1.807) is 0 Å². The van der Waals surface area contributed by atoms with Gasteiger partial charge >= 0.3 is 0 Å². The summed E-state index contributed by atoms with van der Waals surface area (Å²) in [7, 11) is 4.13. The van der Waals surface area contributed by atoms with Gasteiger partial charge in [-0.1, -0.05) is 72.3 Å². The molecule has 0 aliphatic heterocycles. The lowest BCUT2D eigenvalue weighted by molar-refractivity contribution is 1.14. The van der Waals surface area contributed by atoms with E-state index in [1.165, 1.54) is 22.0 Å². The van der Waals surface area contributed by atoms with Crippen molar-refractivity contribution in [3.05, 3.63) is 132 Å². The molecule has 0 fully saturated rings. The average molecular weight is 547 g/mol. The van der Waals surface area contributed by atoms with Gasteiger partial charge in [0.1, 0.15) is 0 Å². The first-order valence-corrected chi connectivity index (χ1v) is 13.8. The van der Waals surface area contributed by atoms with Gasteiger partial charge in [-0.15, -0.1) is 5.11 Å². The maximum absolute atomic E-state index is 4.91. The molecule has 0 atom stereocenters. The SMILES string of the molecule is Cc1ccc(N=Nc2ccc(N=Nc3ccc(N=Cc4ccc(N(C)C)c5ccccc45)c4ccccc34)cc2)cc1. The highest BCUT2D eigenvalue weighted by molar-refractivity contribution is 6.07. The minimum atomic E-state index is 0.739. The van der Waals surface area contributed by atoms with Gasteiger partial charge in [0.2, 0.25) is 0 Å².